The summed E-state index contributed by atoms with van der Waals surface area (Å²) in [7, 11) is 0. The second-order valence-corrected chi connectivity index (χ2v) is 4.79. The number of nitrogens with zero attached hydrogens (tertiary/aromatic N) is 1. The van der Waals surface area contributed by atoms with Gasteiger partial charge in [0, 0.05) is 22.8 Å². The van der Waals surface area contributed by atoms with Crippen molar-refractivity contribution in [1.29, 1.82) is 0 Å². The van der Waals surface area contributed by atoms with E-state index in [1.165, 1.54) is 0 Å². The molecule has 1 unspecified atom stereocenters. The van der Waals surface area contributed by atoms with Crippen LogP contribution in [0, 0.1) is 0 Å². The first kappa shape index (κ1) is 12.8. The molecule has 0 aliphatic rings. The normalized spacial score (nSPS) is 12.1. The summed E-state index contributed by atoms with van der Waals surface area (Å²) in [6, 6.07) is 12.9. The number of carbonyl (C=O) groups is 1. The molecular formula is C14H12BrNO2. The van der Waals surface area contributed by atoms with Crippen molar-refractivity contribution in [2.24, 2.45) is 0 Å². The van der Waals surface area contributed by atoms with Crippen LogP contribution < -0.4 is 0 Å². The van der Waals surface area contributed by atoms with Gasteiger partial charge in [-0.2, -0.15) is 0 Å². The third-order valence-electron chi connectivity index (χ3n) is 2.72. The van der Waals surface area contributed by atoms with Crippen LogP contribution in [0.1, 0.15) is 17.2 Å². The Bertz CT molecular complexity index is 543. The molecule has 18 heavy (non-hydrogen) atoms. The molecule has 3 nitrogen and oxygen atoms in total. The molecule has 0 spiro atoms. The summed E-state index contributed by atoms with van der Waals surface area (Å²) in [6.07, 6.45) is 2.06. The number of hydrogen-bond acceptors (Lipinski definition) is 2. The second kappa shape index (κ2) is 5.78. The van der Waals surface area contributed by atoms with E-state index in [-0.39, 0.29) is 0 Å². The van der Waals surface area contributed by atoms with Crippen molar-refractivity contribution in [1.82, 2.24) is 4.98 Å². The van der Waals surface area contributed by atoms with Gasteiger partial charge in [-0.3, -0.25) is 9.78 Å². The lowest BCUT2D eigenvalue weighted by Crippen LogP contribution is -2.15. The molecule has 4 heteroatoms. The highest BCUT2D eigenvalue weighted by molar-refractivity contribution is 9.10. The Morgan fingerprint density at radius 2 is 1.94 bits per heavy atom. The van der Waals surface area contributed by atoms with Crippen LogP contribution in [0.4, 0.5) is 0 Å². The molecule has 0 radical (unpaired) electrons. The molecule has 1 heterocycles. The maximum Gasteiger partial charge on any atom is 0.311 e. The lowest BCUT2D eigenvalue weighted by molar-refractivity contribution is -0.138. The van der Waals surface area contributed by atoms with E-state index in [1.54, 1.807) is 6.20 Å². The highest BCUT2D eigenvalue weighted by atomic mass is 79.9. The van der Waals surface area contributed by atoms with Gasteiger partial charge < -0.3 is 5.11 Å². The quantitative estimate of drug-likeness (QED) is 0.943. The first-order valence-electron chi connectivity index (χ1n) is 5.55. The number of aliphatic carboxylic acids is 1. The van der Waals surface area contributed by atoms with Crippen LogP contribution in [0.3, 0.4) is 0 Å². The first-order valence-corrected chi connectivity index (χ1v) is 6.35. The smallest absolute Gasteiger partial charge is 0.311 e. The summed E-state index contributed by atoms with van der Waals surface area (Å²) in [6.45, 7) is 0. The monoisotopic (exact) mass is 305 g/mol. The van der Waals surface area contributed by atoms with E-state index >= 15 is 0 Å². The molecule has 0 amide bonds. The van der Waals surface area contributed by atoms with Crippen LogP contribution in [0.5, 0.6) is 0 Å². The highest BCUT2D eigenvalue weighted by Crippen LogP contribution is 2.27. The molecule has 0 fully saturated rings. The van der Waals surface area contributed by atoms with E-state index in [4.69, 9.17) is 0 Å². The van der Waals surface area contributed by atoms with Gasteiger partial charge in [0.15, 0.2) is 0 Å². The van der Waals surface area contributed by atoms with Crippen molar-refractivity contribution in [2.75, 3.05) is 0 Å². The maximum atomic E-state index is 11.4. The Hall–Kier alpha value is -1.68. The molecule has 1 N–H and O–H groups in total. The Labute approximate surface area is 114 Å². The number of carboxylic acid groups (broad SMARTS) is 1. The van der Waals surface area contributed by atoms with Crippen molar-refractivity contribution in [3.05, 3.63) is 64.4 Å². The number of benzene rings is 1. The van der Waals surface area contributed by atoms with E-state index in [0.29, 0.717) is 6.42 Å². The van der Waals surface area contributed by atoms with Gasteiger partial charge in [-0.1, -0.05) is 40.2 Å². The van der Waals surface area contributed by atoms with Gasteiger partial charge in [-0.05, 0) is 23.8 Å². The fourth-order valence-corrected chi connectivity index (χ4v) is 2.38. The average Bonchev–Trinajstić information content (AvgIpc) is 2.38. The van der Waals surface area contributed by atoms with E-state index in [2.05, 4.69) is 20.9 Å². The third-order valence-corrected chi connectivity index (χ3v) is 3.44. The van der Waals surface area contributed by atoms with Crippen LogP contribution in [0.25, 0.3) is 0 Å². The zero-order valence-electron chi connectivity index (χ0n) is 9.58. The van der Waals surface area contributed by atoms with Gasteiger partial charge in [-0.15, -0.1) is 0 Å². The molecule has 2 rings (SSSR count). The Kier molecular flexibility index (Phi) is 4.10. The zero-order chi connectivity index (χ0) is 13.0. The molecule has 2 aromatic rings. The molecule has 0 saturated carbocycles. The predicted molar refractivity (Wildman–Crippen MR) is 72.5 cm³/mol. The summed E-state index contributed by atoms with van der Waals surface area (Å²) >= 11 is 3.39. The maximum absolute atomic E-state index is 11.4. The average molecular weight is 306 g/mol. The van der Waals surface area contributed by atoms with Gasteiger partial charge >= 0.3 is 5.97 Å². The SMILES string of the molecule is O=C(O)C(Cc1ccccn1)c1ccccc1Br. The Morgan fingerprint density at radius 3 is 2.56 bits per heavy atom. The lowest BCUT2D eigenvalue weighted by atomic mass is 9.94. The van der Waals surface area contributed by atoms with E-state index in [1.807, 2.05) is 42.5 Å². The Balaban J connectivity index is 2.30. The number of aromatic nitrogens is 1. The van der Waals surface area contributed by atoms with Crippen LogP contribution in [-0.2, 0) is 11.2 Å². The van der Waals surface area contributed by atoms with Crippen LogP contribution in [0.15, 0.2) is 53.1 Å². The minimum atomic E-state index is -0.840. The summed E-state index contributed by atoms with van der Waals surface area (Å²) in [5.41, 5.74) is 1.55. The number of rotatable bonds is 4. The van der Waals surface area contributed by atoms with Crippen molar-refractivity contribution in [2.45, 2.75) is 12.3 Å². The number of hydrogen-bond donors (Lipinski definition) is 1. The second-order valence-electron chi connectivity index (χ2n) is 3.94. The fraction of sp³-hybridized carbons (Fsp3) is 0.143. The van der Waals surface area contributed by atoms with Gasteiger partial charge in [0.05, 0.1) is 5.92 Å². The van der Waals surface area contributed by atoms with E-state index in [9.17, 15) is 9.90 Å². The first-order chi connectivity index (χ1) is 8.68. The zero-order valence-corrected chi connectivity index (χ0v) is 11.2. The van der Waals surface area contributed by atoms with Crippen molar-refractivity contribution >= 4 is 21.9 Å². The van der Waals surface area contributed by atoms with Gasteiger partial charge in [0.25, 0.3) is 0 Å². The summed E-state index contributed by atoms with van der Waals surface area (Å²) in [5, 5.41) is 9.36. The molecule has 1 aromatic heterocycles. The number of carboxylic acids is 1. The van der Waals surface area contributed by atoms with E-state index in [0.717, 1.165) is 15.7 Å². The molecule has 92 valence electrons. The van der Waals surface area contributed by atoms with Crippen LogP contribution >= 0.6 is 15.9 Å². The molecule has 1 atom stereocenters. The molecule has 0 saturated heterocycles. The number of halogens is 1. The largest absolute Gasteiger partial charge is 0.481 e. The highest BCUT2D eigenvalue weighted by Gasteiger charge is 2.22. The number of pyridine rings is 1. The minimum absolute atomic E-state index is 0.388. The van der Waals surface area contributed by atoms with Gasteiger partial charge in [0.2, 0.25) is 0 Å². The molecular weight excluding hydrogens is 294 g/mol. The van der Waals surface area contributed by atoms with E-state index < -0.39 is 11.9 Å². The topological polar surface area (TPSA) is 50.2 Å². The van der Waals surface area contributed by atoms with Crippen molar-refractivity contribution in [3.63, 3.8) is 0 Å². The van der Waals surface area contributed by atoms with Gasteiger partial charge in [0.1, 0.15) is 0 Å². The molecule has 0 aliphatic heterocycles. The molecule has 0 aliphatic carbocycles. The minimum Gasteiger partial charge on any atom is -0.481 e. The van der Waals surface area contributed by atoms with Crippen molar-refractivity contribution < 1.29 is 9.90 Å². The van der Waals surface area contributed by atoms with Crippen LogP contribution in [0.2, 0.25) is 0 Å². The Morgan fingerprint density at radius 1 is 1.22 bits per heavy atom. The summed E-state index contributed by atoms with van der Waals surface area (Å²) in [4.78, 5) is 15.6. The van der Waals surface area contributed by atoms with Crippen molar-refractivity contribution in [3.8, 4) is 0 Å². The van der Waals surface area contributed by atoms with Gasteiger partial charge in [-0.25, -0.2) is 0 Å². The lowest BCUT2D eigenvalue weighted by Gasteiger charge is -2.13. The summed E-state index contributed by atoms with van der Waals surface area (Å²) in [5.74, 6) is -1.43. The standard InChI is InChI=1S/C14H12BrNO2/c15-13-7-2-1-6-11(13)12(14(17)18)9-10-5-3-4-8-16-10/h1-8,12H,9H2,(H,17,18). The molecule has 1 aromatic carbocycles. The molecule has 0 bridgehead atoms. The fourth-order valence-electron chi connectivity index (χ4n) is 1.82. The summed E-state index contributed by atoms with van der Waals surface area (Å²) < 4.78 is 0.813. The van der Waals surface area contributed by atoms with Crippen LogP contribution in [-0.4, -0.2) is 16.1 Å². The predicted octanol–water partition coefficient (Wildman–Crippen LogP) is 3.26. The third kappa shape index (κ3) is 2.96.